The second kappa shape index (κ2) is 10.9. The first-order valence-electron chi connectivity index (χ1n) is 15.1. The van der Waals surface area contributed by atoms with Crippen LogP contribution in [0.3, 0.4) is 0 Å². The number of hydrogen-bond donors (Lipinski definition) is 3. The molecule has 3 saturated carbocycles. The van der Waals surface area contributed by atoms with Crippen molar-refractivity contribution < 1.29 is 19.4 Å². The van der Waals surface area contributed by atoms with Gasteiger partial charge in [0.2, 0.25) is 5.91 Å². The molecule has 5 fully saturated rings. The highest BCUT2D eigenvalue weighted by molar-refractivity contribution is 6.01. The summed E-state index contributed by atoms with van der Waals surface area (Å²) in [6.07, 6.45) is 7.68. The number of nitrogens with zero attached hydrogens (tertiary/aromatic N) is 6. The van der Waals surface area contributed by atoms with Gasteiger partial charge in [0, 0.05) is 37.9 Å². The number of hydrogen-bond acceptors (Lipinski definition) is 9. The van der Waals surface area contributed by atoms with E-state index in [2.05, 4.69) is 31.7 Å². The summed E-state index contributed by atoms with van der Waals surface area (Å²) in [6, 6.07) is 9.97. The fourth-order valence-corrected chi connectivity index (χ4v) is 6.91. The van der Waals surface area contributed by atoms with E-state index in [1.807, 2.05) is 23.1 Å². The van der Waals surface area contributed by atoms with Crippen molar-refractivity contribution in [3.8, 4) is 17.5 Å². The third-order valence-electron chi connectivity index (χ3n) is 9.85. The van der Waals surface area contributed by atoms with Gasteiger partial charge < -0.3 is 25.4 Å². The highest BCUT2D eigenvalue weighted by atomic mass is 16.5. The van der Waals surface area contributed by atoms with E-state index >= 15 is 0 Å². The molecule has 2 saturated heterocycles. The zero-order valence-corrected chi connectivity index (χ0v) is 24.1. The minimum absolute atomic E-state index is 0.0841. The molecule has 2 bridgehead atoms. The predicted octanol–water partition coefficient (Wildman–Crippen LogP) is 1.79. The zero-order chi connectivity index (χ0) is 29.6. The molecule has 3 N–H and O–H groups in total. The highest BCUT2D eigenvalue weighted by Gasteiger charge is 2.48. The number of nitriles is 1. The number of rotatable bonds is 7. The van der Waals surface area contributed by atoms with Gasteiger partial charge in [-0.2, -0.15) is 10.4 Å². The lowest BCUT2D eigenvalue weighted by Gasteiger charge is -2.51. The average Bonchev–Trinajstić information content (AvgIpc) is 3.43. The van der Waals surface area contributed by atoms with Gasteiger partial charge in [-0.25, -0.2) is 4.52 Å². The summed E-state index contributed by atoms with van der Waals surface area (Å²) in [6.45, 7) is 4.33. The maximum absolute atomic E-state index is 13.5. The zero-order valence-electron chi connectivity index (χ0n) is 24.1. The van der Waals surface area contributed by atoms with E-state index in [0.717, 1.165) is 76.0 Å². The first kappa shape index (κ1) is 27.8. The summed E-state index contributed by atoms with van der Waals surface area (Å²) >= 11 is 0. The molecule has 3 aliphatic carbocycles. The van der Waals surface area contributed by atoms with Gasteiger partial charge in [-0.3, -0.25) is 19.5 Å². The number of carbonyl (C=O) groups excluding carboxylic acids is 2. The second-order valence-corrected chi connectivity index (χ2v) is 12.4. The summed E-state index contributed by atoms with van der Waals surface area (Å²) in [7, 11) is 0. The van der Waals surface area contributed by atoms with E-state index in [4.69, 9.17) is 4.74 Å². The molecule has 43 heavy (non-hydrogen) atoms. The van der Waals surface area contributed by atoms with Crippen LogP contribution in [-0.4, -0.2) is 104 Å². The fourth-order valence-electron chi connectivity index (χ4n) is 6.91. The Morgan fingerprint density at radius 3 is 2.47 bits per heavy atom. The van der Waals surface area contributed by atoms with Crippen molar-refractivity contribution in [2.45, 2.75) is 55.7 Å². The van der Waals surface area contributed by atoms with Crippen LogP contribution in [0.25, 0.3) is 16.9 Å². The Balaban J connectivity index is 1.11. The Bertz CT molecular complexity index is 1580. The molecule has 0 unspecified atom stereocenters. The third kappa shape index (κ3) is 5.33. The minimum Gasteiger partial charge on any atom is -0.390 e. The summed E-state index contributed by atoms with van der Waals surface area (Å²) < 4.78 is 7.02. The van der Waals surface area contributed by atoms with Crippen LogP contribution in [0.1, 0.15) is 54.4 Å². The molecule has 3 aromatic heterocycles. The number of amides is 2. The van der Waals surface area contributed by atoms with Gasteiger partial charge in [-0.05, 0) is 62.8 Å². The monoisotopic (exact) mass is 584 g/mol. The molecule has 2 aliphatic heterocycles. The highest BCUT2D eigenvalue weighted by Crippen LogP contribution is 2.48. The van der Waals surface area contributed by atoms with Gasteiger partial charge in [-0.1, -0.05) is 0 Å². The van der Waals surface area contributed by atoms with E-state index in [1.165, 1.54) is 6.20 Å². The van der Waals surface area contributed by atoms with Gasteiger partial charge in [0.25, 0.3) is 5.91 Å². The smallest absolute Gasteiger partial charge is 0.255 e. The Morgan fingerprint density at radius 2 is 1.79 bits per heavy atom. The second-order valence-electron chi connectivity index (χ2n) is 12.4. The lowest BCUT2D eigenvalue weighted by molar-refractivity contribution is -0.134. The van der Waals surface area contributed by atoms with Crippen molar-refractivity contribution in [3.63, 3.8) is 0 Å². The number of piperazine rings is 1. The summed E-state index contributed by atoms with van der Waals surface area (Å²) in [5.74, 6) is -0.465. The maximum Gasteiger partial charge on any atom is 0.255 e. The van der Waals surface area contributed by atoms with Gasteiger partial charge in [0.1, 0.15) is 6.07 Å². The summed E-state index contributed by atoms with van der Waals surface area (Å²) in [4.78, 5) is 35.3. The largest absolute Gasteiger partial charge is 0.390 e. The number of anilines is 1. The van der Waals surface area contributed by atoms with Crippen LogP contribution >= 0.6 is 0 Å². The normalized spacial score (nSPS) is 25.7. The maximum atomic E-state index is 13.5. The first-order valence-corrected chi connectivity index (χ1v) is 15.1. The van der Waals surface area contributed by atoms with Crippen LogP contribution in [0.5, 0.6) is 0 Å². The first-order chi connectivity index (χ1) is 20.8. The van der Waals surface area contributed by atoms with Crippen LogP contribution < -0.4 is 10.6 Å². The number of nitrogens with one attached hydrogen (secondary N) is 2. The van der Waals surface area contributed by atoms with Gasteiger partial charge in [0.15, 0.2) is 0 Å². The lowest BCUT2D eigenvalue weighted by Crippen LogP contribution is -2.58. The lowest BCUT2D eigenvalue weighted by atomic mass is 9.63. The SMILES string of the molecule is N#Cc1cnn2c(-c3cc(NC45CCC(O)(CC4)CC5)c(C(=O)NCC(=O)N4CCN(C5COC5)CC4)cn3)ccc2c1. The molecular formula is C31H36N8O4. The van der Waals surface area contributed by atoms with Crippen LogP contribution in [0, 0.1) is 11.3 Å². The van der Waals surface area contributed by atoms with Crippen LogP contribution in [0.4, 0.5) is 5.69 Å². The third-order valence-corrected chi connectivity index (χ3v) is 9.85. The topological polar surface area (TPSA) is 148 Å². The molecule has 0 aromatic carbocycles. The van der Waals surface area contributed by atoms with E-state index in [-0.39, 0.29) is 23.9 Å². The Hall–Kier alpha value is -4.05. The fraction of sp³-hybridized carbons (Fsp3) is 0.516. The number of aromatic nitrogens is 3. The van der Waals surface area contributed by atoms with Gasteiger partial charge in [0.05, 0.1) is 71.3 Å². The van der Waals surface area contributed by atoms with Gasteiger partial charge in [-0.15, -0.1) is 0 Å². The predicted molar refractivity (Wildman–Crippen MR) is 157 cm³/mol. The number of carbonyl (C=O) groups is 2. The molecule has 0 atom stereocenters. The molecule has 2 amide bonds. The number of aliphatic hydroxyl groups is 1. The van der Waals surface area contributed by atoms with Crippen molar-refractivity contribution in [2.24, 2.45) is 0 Å². The van der Waals surface area contributed by atoms with Gasteiger partial charge >= 0.3 is 0 Å². The molecule has 0 radical (unpaired) electrons. The summed E-state index contributed by atoms with van der Waals surface area (Å²) in [5, 5.41) is 31.0. The molecule has 12 nitrogen and oxygen atoms in total. The van der Waals surface area contributed by atoms with Crippen LogP contribution in [-0.2, 0) is 9.53 Å². The van der Waals surface area contributed by atoms with E-state index in [9.17, 15) is 20.0 Å². The van der Waals surface area contributed by atoms with Crippen molar-refractivity contribution in [2.75, 3.05) is 51.3 Å². The quantitative estimate of drug-likeness (QED) is 0.378. The molecule has 0 spiro atoms. The molecule has 3 aromatic rings. The number of fused-ring (bicyclic) bond motifs is 4. The summed E-state index contributed by atoms with van der Waals surface area (Å²) in [5.41, 5.74) is 2.80. The molecule has 8 rings (SSSR count). The van der Waals surface area contributed by atoms with E-state index < -0.39 is 5.60 Å². The Kier molecular flexibility index (Phi) is 7.04. The van der Waals surface area contributed by atoms with Crippen molar-refractivity contribution in [3.05, 3.63) is 47.8 Å². The molecule has 12 heteroatoms. The van der Waals surface area contributed by atoms with E-state index in [0.29, 0.717) is 41.6 Å². The van der Waals surface area contributed by atoms with E-state index in [1.54, 1.807) is 16.8 Å². The average molecular weight is 585 g/mol. The molecular weight excluding hydrogens is 548 g/mol. The molecule has 5 aliphatic rings. The van der Waals surface area contributed by atoms with Crippen LogP contribution in [0.15, 0.2) is 36.7 Å². The van der Waals surface area contributed by atoms with Crippen molar-refractivity contribution >= 4 is 23.0 Å². The number of pyridine rings is 1. The minimum atomic E-state index is -0.580. The molecule has 5 heterocycles. The van der Waals surface area contributed by atoms with Crippen LogP contribution in [0.2, 0.25) is 0 Å². The Morgan fingerprint density at radius 1 is 1.05 bits per heavy atom. The van der Waals surface area contributed by atoms with Crippen molar-refractivity contribution in [1.29, 1.82) is 5.26 Å². The number of ether oxygens (including phenoxy) is 1. The molecule has 224 valence electrons. The standard InChI is InChI=1S/C31H36N8O4/c32-15-21-13-22-1-2-27(39(22)35-16-21)26-14-25(36-30-3-6-31(42,7-4-30)8-5-30)24(17-33-26)29(41)34-18-28(40)38-11-9-37(10-12-38)23-19-43-20-23/h1-2,13-14,16-17,23,42H,3-12,18-20H2,(H,33,36)(H,34,41). The Labute approximate surface area is 249 Å². The van der Waals surface area contributed by atoms with Crippen molar-refractivity contribution in [1.82, 2.24) is 29.7 Å².